The predicted octanol–water partition coefficient (Wildman–Crippen LogP) is 3.96. The molecule has 0 aliphatic heterocycles. The Balaban J connectivity index is 1.54. The van der Waals surface area contributed by atoms with E-state index in [0.29, 0.717) is 26.2 Å². The molecule has 3 aromatic rings. The number of carbonyl (C=O) groups is 1. The van der Waals surface area contributed by atoms with Crippen molar-refractivity contribution in [3.05, 3.63) is 59.7 Å². The third kappa shape index (κ3) is 5.70. The van der Waals surface area contributed by atoms with Crippen LogP contribution in [0.2, 0.25) is 0 Å². The lowest BCUT2D eigenvalue weighted by molar-refractivity contribution is -0.120. The Morgan fingerprint density at radius 3 is 2.63 bits per heavy atom. The highest BCUT2D eigenvalue weighted by atomic mass is 32.1. The normalized spacial score (nSPS) is 10.7. The van der Waals surface area contributed by atoms with Gasteiger partial charge in [-0.05, 0) is 31.0 Å². The Hall–Kier alpha value is -2.57. The van der Waals surface area contributed by atoms with E-state index in [2.05, 4.69) is 15.7 Å². The van der Waals surface area contributed by atoms with Gasteiger partial charge in [0.1, 0.15) is 5.01 Å². The molecule has 3 rings (SSSR count). The second-order valence-corrected chi connectivity index (χ2v) is 6.91. The molecule has 0 saturated heterocycles. The molecule has 0 bridgehead atoms. The third-order valence-electron chi connectivity index (χ3n) is 4.04. The maximum atomic E-state index is 12.0. The largest absolute Gasteiger partial charge is 0.382 e. The molecule has 1 amide bonds. The van der Waals surface area contributed by atoms with E-state index in [9.17, 15) is 4.79 Å². The van der Waals surface area contributed by atoms with Crippen LogP contribution in [0.4, 0.5) is 0 Å². The lowest BCUT2D eigenvalue weighted by Gasteiger charge is -2.06. The summed E-state index contributed by atoms with van der Waals surface area (Å²) in [5.41, 5.74) is 4.05. The number of amides is 1. The van der Waals surface area contributed by atoms with Gasteiger partial charge < -0.3 is 10.1 Å². The monoisotopic (exact) mass is 381 g/mol. The molecule has 27 heavy (non-hydrogen) atoms. The van der Waals surface area contributed by atoms with Crippen LogP contribution in [0.1, 0.15) is 18.9 Å². The van der Waals surface area contributed by atoms with E-state index in [1.54, 1.807) is 23.7 Å². The van der Waals surface area contributed by atoms with Crippen LogP contribution < -0.4 is 5.32 Å². The highest BCUT2D eigenvalue weighted by Crippen LogP contribution is 2.28. The SMILES string of the molecule is CCOCCCNC(=O)Cc1ccc(-c2csc(-c3ccncc3)n2)cc1. The van der Waals surface area contributed by atoms with Crippen LogP contribution in [0.5, 0.6) is 0 Å². The summed E-state index contributed by atoms with van der Waals surface area (Å²) in [6.07, 6.45) is 4.76. The fourth-order valence-electron chi connectivity index (χ4n) is 2.62. The van der Waals surface area contributed by atoms with Crippen LogP contribution in [-0.4, -0.2) is 35.6 Å². The number of aromatic nitrogens is 2. The summed E-state index contributed by atoms with van der Waals surface area (Å²) in [6, 6.07) is 11.9. The van der Waals surface area contributed by atoms with Gasteiger partial charge in [-0.1, -0.05) is 24.3 Å². The summed E-state index contributed by atoms with van der Waals surface area (Å²) < 4.78 is 5.26. The minimum absolute atomic E-state index is 0.0351. The standard InChI is InChI=1S/C21H23N3O2S/c1-2-26-13-3-10-23-20(25)14-16-4-6-17(7-5-16)19-15-27-21(24-19)18-8-11-22-12-9-18/h4-9,11-12,15H,2-3,10,13-14H2,1H3,(H,23,25). The van der Waals surface area contributed by atoms with Crippen molar-refractivity contribution in [2.45, 2.75) is 19.8 Å². The van der Waals surface area contributed by atoms with E-state index in [-0.39, 0.29) is 5.91 Å². The van der Waals surface area contributed by atoms with Gasteiger partial charge in [0.2, 0.25) is 5.91 Å². The average molecular weight is 382 g/mol. The molecule has 0 aliphatic rings. The predicted molar refractivity (Wildman–Crippen MR) is 109 cm³/mol. The Labute approximate surface area is 163 Å². The second-order valence-electron chi connectivity index (χ2n) is 6.05. The summed E-state index contributed by atoms with van der Waals surface area (Å²) in [7, 11) is 0. The molecular formula is C21H23N3O2S. The first-order valence-electron chi connectivity index (χ1n) is 9.06. The fourth-order valence-corrected chi connectivity index (χ4v) is 3.46. The van der Waals surface area contributed by atoms with E-state index < -0.39 is 0 Å². The summed E-state index contributed by atoms with van der Waals surface area (Å²) in [4.78, 5) is 20.7. The van der Waals surface area contributed by atoms with Crippen molar-refractivity contribution < 1.29 is 9.53 Å². The van der Waals surface area contributed by atoms with Crippen molar-refractivity contribution in [3.63, 3.8) is 0 Å². The van der Waals surface area contributed by atoms with Gasteiger partial charge >= 0.3 is 0 Å². The number of rotatable bonds is 9. The number of hydrogen-bond acceptors (Lipinski definition) is 5. The Kier molecular flexibility index (Phi) is 7.07. The Morgan fingerprint density at radius 1 is 1.11 bits per heavy atom. The molecule has 0 unspecified atom stereocenters. The van der Waals surface area contributed by atoms with Gasteiger partial charge in [0, 0.05) is 48.7 Å². The van der Waals surface area contributed by atoms with Crippen LogP contribution in [-0.2, 0) is 16.0 Å². The quantitative estimate of drug-likeness (QED) is 0.570. The fraction of sp³-hybridized carbons (Fsp3) is 0.286. The third-order valence-corrected chi connectivity index (χ3v) is 4.93. The minimum atomic E-state index is 0.0351. The molecule has 0 atom stereocenters. The maximum Gasteiger partial charge on any atom is 0.224 e. The maximum absolute atomic E-state index is 12.0. The van der Waals surface area contributed by atoms with Crippen LogP contribution >= 0.6 is 11.3 Å². The van der Waals surface area contributed by atoms with Gasteiger partial charge in [0.25, 0.3) is 0 Å². The van der Waals surface area contributed by atoms with E-state index in [0.717, 1.165) is 33.8 Å². The molecule has 1 N–H and O–H groups in total. The van der Waals surface area contributed by atoms with Crippen molar-refractivity contribution in [2.75, 3.05) is 19.8 Å². The number of hydrogen-bond donors (Lipinski definition) is 1. The van der Waals surface area contributed by atoms with Crippen molar-refractivity contribution in [1.29, 1.82) is 0 Å². The number of pyridine rings is 1. The molecular weight excluding hydrogens is 358 g/mol. The highest BCUT2D eigenvalue weighted by molar-refractivity contribution is 7.13. The summed E-state index contributed by atoms with van der Waals surface area (Å²) in [5.74, 6) is 0.0351. The molecule has 0 saturated carbocycles. The Morgan fingerprint density at radius 2 is 1.89 bits per heavy atom. The number of nitrogens with one attached hydrogen (secondary N) is 1. The lowest BCUT2D eigenvalue weighted by atomic mass is 10.1. The highest BCUT2D eigenvalue weighted by Gasteiger charge is 2.08. The van der Waals surface area contributed by atoms with Crippen LogP contribution in [0.15, 0.2) is 54.2 Å². The van der Waals surface area contributed by atoms with Gasteiger partial charge in [0.05, 0.1) is 12.1 Å². The zero-order valence-electron chi connectivity index (χ0n) is 15.4. The molecule has 0 radical (unpaired) electrons. The average Bonchev–Trinajstić information content (AvgIpc) is 3.19. The first-order chi connectivity index (χ1) is 13.3. The molecule has 5 nitrogen and oxygen atoms in total. The summed E-state index contributed by atoms with van der Waals surface area (Å²) >= 11 is 1.61. The van der Waals surface area contributed by atoms with Gasteiger partial charge in [-0.15, -0.1) is 11.3 Å². The zero-order valence-corrected chi connectivity index (χ0v) is 16.2. The van der Waals surface area contributed by atoms with E-state index in [1.807, 2.05) is 43.3 Å². The second kappa shape index (κ2) is 9.94. The molecule has 140 valence electrons. The van der Waals surface area contributed by atoms with Crippen molar-refractivity contribution in [2.24, 2.45) is 0 Å². The molecule has 2 heterocycles. The molecule has 6 heteroatoms. The molecule has 1 aromatic carbocycles. The number of benzene rings is 1. The number of nitrogens with zero attached hydrogens (tertiary/aromatic N) is 2. The summed E-state index contributed by atoms with van der Waals surface area (Å²) in [5, 5.41) is 5.95. The van der Waals surface area contributed by atoms with Crippen LogP contribution in [0, 0.1) is 0 Å². The number of thiazole rings is 1. The molecule has 0 spiro atoms. The topological polar surface area (TPSA) is 64.1 Å². The number of carbonyl (C=O) groups excluding carboxylic acids is 1. The first kappa shape index (κ1) is 19.2. The number of ether oxygens (including phenoxy) is 1. The van der Waals surface area contributed by atoms with Crippen molar-refractivity contribution in [1.82, 2.24) is 15.3 Å². The zero-order chi connectivity index (χ0) is 18.9. The van der Waals surface area contributed by atoms with Crippen LogP contribution in [0.3, 0.4) is 0 Å². The van der Waals surface area contributed by atoms with Gasteiger partial charge in [-0.3, -0.25) is 9.78 Å². The minimum Gasteiger partial charge on any atom is -0.382 e. The van der Waals surface area contributed by atoms with E-state index in [1.165, 1.54) is 0 Å². The van der Waals surface area contributed by atoms with Gasteiger partial charge in [-0.25, -0.2) is 4.98 Å². The Bertz CT molecular complexity index is 847. The van der Waals surface area contributed by atoms with Crippen molar-refractivity contribution in [3.8, 4) is 21.8 Å². The van der Waals surface area contributed by atoms with Gasteiger partial charge in [0.15, 0.2) is 0 Å². The smallest absolute Gasteiger partial charge is 0.224 e. The molecule has 2 aromatic heterocycles. The lowest BCUT2D eigenvalue weighted by Crippen LogP contribution is -2.26. The van der Waals surface area contributed by atoms with Gasteiger partial charge in [-0.2, -0.15) is 0 Å². The van der Waals surface area contributed by atoms with Crippen LogP contribution in [0.25, 0.3) is 21.8 Å². The van der Waals surface area contributed by atoms with E-state index >= 15 is 0 Å². The van der Waals surface area contributed by atoms with E-state index in [4.69, 9.17) is 9.72 Å². The first-order valence-corrected chi connectivity index (χ1v) is 9.94. The van der Waals surface area contributed by atoms with Crippen molar-refractivity contribution >= 4 is 17.2 Å². The summed E-state index contributed by atoms with van der Waals surface area (Å²) in [6.45, 7) is 4.01. The molecule has 0 aliphatic carbocycles. The molecule has 0 fully saturated rings.